The van der Waals surface area contributed by atoms with Gasteiger partial charge in [-0.15, -0.1) is 0 Å². The third-order valence-corrected chi connectivity index (χ3v) is 14.4. The van der Waals surface area contributed by atoms with Crippen LogP contribution in [0.3, 0.4) is 0 Å². The molecule has 0 saturated heterocycles. The normalized spacial score (nSPS) is 11.1. The van der Waals surface area contributed by atoms with E-state index in [1.807, 2.05) is 36.4 Å². The molecule has 0 atom stereocenters. The molecule has 0 saturated carbocycles. The minimum Gasteiger partial charge on any atom is -0.318 e. The van der Waals surface area contributed by atoms with Gasteiger partial charge in [0, 0.05) is 10.8 Å². The fraction of sp³-hybridized carbons (Fsp3) is 0. The zero-order valence-electron chi connectivity index (χ0n) is 27.0. The zero-order valence-corrected chi connectivity index (χ0v) is 28.0. The Kier molecular flexibility index (Phi) is 7.63. The molecule has 0 fully saturated rings. The third kappa shape index (κ3) is 4.72. The van der Waals surface area contributed by atoms with Crippen LogP contribution in [0.1, 0.15) is 5.56 Å². The molecule has 1 aromatic heterocycles. The van der Waals surface area contributed by atoms with Crippen molar-refractivity contribution in [2.75, 3.05) is 0 Å². The molecule has 232 valence electrons. The van der Waals surface area contributed by atoms with Crippen molar-refractivity contribution in [3.05, 3.63) is 198 Å². The third-order valence-electron chi connectivity index (χ3n) is 9.59. The van der Waals surface area contributed by atoms with E-state index >= 15 is 0 Å². The van der Waals surface area contributed by atoms with Crippen molar-refractivity contribution in [1.82, 2.24) is 4.57 Å². The molecule has 4 nitrogen and oxygen atoms in total. The quantitative estimate of drug-likeness (QED) is 0.101. The summed E-state index contributed by atoms with van der Waals surface area (Å²) in [5, 5.41) is 16.6. The topological polar surface area (TPSA) is 37.4 Å². The molecule has 50 heavy (non-hydrogen) atoms. The number of nitrogens with zero attached hydrogens (tertiary/aromatic N) is 4. The highest BCUT2D eigenvalue weighted by atomic mass is 28.3. The minimum absolute atomic E-state index is 0.390. The fourth-order valence-corrected chi connectivity index (χ4v) is 12.5. The maximum Gasteiger partial charge on any atom is 0.201 e. The van der Waals surface area contributed by atoms with Crippen LogP contribution in [0.2, 0.25) is 0 Å². The molecular weight excluding hydrogens is 625 g/mol. The molecule has 0 N–H and O–H groups in total. The number of fused-ring (bicyclic) bond motifs is 3. The van der Waals surface area contributed by atoms with Crippen LogP contribution in [0.5, 0.6) is 0 Å². The number of nitriles is 1. The van der Waals surface area contributed by atoms with Gasteiger partial charge in [0.1, 0.15) is 0 Å². The van der Waals surface area contributed by atoms with Crippen molar-refractivity contribution in [2.45, 2.75) is 0 Å². The van der Waals surface area contributed by atoms with Gasteiger partial charge in [0.25, 0.3) is 0 Å². The first-order chi connectivity index (χ1) is 24.7. The van der Waals surface area contributed by atoms with E-state index < -0.39 is 8.07 Å². The molecule has 5 heteroatoms. The molecule has 0 aliphatic rings. The average Bonchev–Trinajstić information content (AvgIpc) is 3.52. The first-order valence-electron chi connectivity index (χ1n) is 16.3. The Morgan fingerprint density at radius 1 is 0.520 bits per heavy atom. The van der Waals surface area contributed by atoms with Crippen LogP contribution in [0.4, 0.5) is 11.4 Å². The van der Waals surface area contributed by atoms with Crippen molar-refractivity contribution >= 4 is 62.0 Å². The lowest BCUT2D eigenvalue weighted by Crippen LogP contribution is -2.75. The summed E-state index contributed by atoms with van der Waals surface area (Å²) in [4.78, 5) is 7.95. The molecule has 0 amide bonds. The standard InChI is InChI=1S/C45H28N4Si/c1-47-33-29-40(45(41(30-33)48-2)49-42-24-14-12-22-37(42)39-28-32(31-46)26-27-43(39)49)38-23-13-15-25-44(38)50(34-16-6-3-7-17-34,35-18-8-4-9-19-35)36-20-10-5-11-21-36/h3-30H. The monoisotopic (exact) mass is 652 g/mol. The van der Waals surface area contributed by atoms with Crippen LogP contribution >= 0.6 is 0 Å². The summed E-state index contributed by atoms with van der Waals surface area (Å²) in [5.41, 5.74) is 5.69. The van der Waals surface area contributed by atoms with E-state index in [-0.39, 0.29) is 0 Å². The average molecular weight is 653 g/mol. The van der Waals surface area contributed by atoms with E-state index in [0.717, 1.165) is 38.1 Å². The molecular formula is C45H28N4Si. The van der Waals surface area contributed by atoms with Crippen LogP contribution in [0.15, 0.2) is 170 Å². The summed E-state index contributed by atoms with van der Waals surface area (Å²) in [5.74, 6) is 0. The molecule has 8 rings (SSSR count). The van der Waals surface area contributed by atoms with Gasteiger partial charge in [-0.25, -0.2) is 9.69 Å². The highest BCUT2D eigenvalue weighted by Crippen LogP contribution is 2.43. The Hall–Kier alpha value is -6.97. The van der Waals surface area contributed by atoms with Gasteiger partial charge < -0.3 is 4.57 Å². The molecule has 0 radical (unpaired) electrons. The van der Waals surface area contributed by atoms with E-state index in [1.54, 1.807) is 6.07 Å². The lowest BCUT2D eigenvalue weighted by molar-refractivity contribution is 1.19. The Morgan fingerprint density at radius 3 is 1.68 bits per heavy atom. The highest BCUT2D eigenvalue weighted by molar-refractivity contribution is 7.20. The summed E-state index contributed by atoms with van der Waals surface area (Å²) in [6.07, 6.45) is 0. The van der Waals surface area contributed by atoms with Crippen molar-refractivity contribution in [1.29, 1.82) is 5.26 Å². The lowest BCUT2D eigenvalue weighted by atomic mass is 10.0. The second-order valence-corrected chi connectivity index (χ2v) is 15.9. The van der Waals surface area contributed by atoms with E-state index in [1.165, 1.54) is 15.6 Å². The summed E-state index contributed by atoms with van der Waals surface area (Å²) < 4.78 is 2.15. The number of hydrogen-bond donors (Lipinski definition) is 0. The van der Waals surface area contributed by atoms with Gasteiger partial charge in [-0.3, -0.25) is 0 Å². The first kappa shape index (κ1) is 30.4. The Bertz CT molecular complexity index is 2580. The molecule has 0 aliphatic carbocycles. The molecule has 0 unspecified atom stereocenters. The van der Waals surface area contributed by atoms with Crippen molar-refractivity contribution < 1.29 is 0 Å². The second kappa shape index (κ2) is 12.6. The van der Waals surface area contributed by atoms with Gasteiger partial charge in [0.2, 0.25) is 5.69 Å². The summed E-state index contributed by atoms with van der Waals surface area (Å²) in [6, 6.07) is 60.6. The van der Waals surface area contributed by atoms with E-state index in [2.05, 4.69) is 148 Å². The number of aromatic nitrogens is 1. The van der Waals surface area contributed by atoms with Crippen LogP contribution in [-0.2, 0) is 0 Å². The number of hydrogen-bond acceptors (Lipinski definition) is 1. The fourth-order valence-electron chi connectivity index (χ4n) is 7.55. The van der Waals surface area contributed by atoms with Crippen molar-refractivity contribution in [3.8, 4) is 22.9 Å². The molecule has 0 bridgehead atoms. The smallest absolute Gasteiger partial charge is 0.201 e. The van der Waals surface area contributed by atoms with Crippen LogP contribution in [-0.4, -0.2) is 12.6 Å². The molecule has 8 aromatic rings. The van der Waals surface area contributed by atoms with Gasteiger partial charge >= 0.3 is 0 Å². The molecule has 7 aromatic carbocycles. The Balaban J connectivity index is 1.56. The van der Waals surface area contributed by atoms with Gasteiger partial charge in [-0.05, 0) is 68.3 Å². The predicted octanol–water partition coefficient (Wildman–Crippen LogP) is 8.80. The van der Waals surface area contributed by atoms with Crippen molar-refractivity contribution in [3.63, 3.8) is 0 Å². The van der Waals surface area contributed by atoms with Crippen molar-refractivity contribution in [2.24, 2.45) is 0 Å². The maximum atomic E-state index is 9.79. The molecule has 1 heterocycles. The van der Waals surface area contributed by atoms with Crippen LogP contribution in [0.25, 0.3) is 48.3 Å². The van der Waals surface area contributed by atoms with E-state index in [0.29, 0.717) is 22.6 Å². The lowest BCUT2D eigenvalue weighted by Gasteiger charge is -2.36. The van der Waals surface area contributed by atoms with Gasteiger partial charge in [-0.1, -0.05) is 133 Å². The van der Waals surface area contributed by atoms with Crippen LogP contribution in [0, 0.1) is 24.5 Å². The summed E-state index contributed by atoms with van der Waals surface area (Å²) >= 11 is 0. The molecule has 0 spiro atoms. The Morgan fingerprint density at radius 2 is 1.08 bits per heavy atom. The van der Waals surface area contributed by atoms with E-state index in [9.17, 15) is 5.26 Å². The first-order valence-corrected chi connectivity index (χ1v) is 18.3. The summed E-state index contributed by atoms with van der Waals surface area (Å²) in [6.45, 7) is 16.6. The second-order valence-electron chi connectivity index (χ2n) is 12.2. The zero-order chi connectivity index (χ0) is 34.1. The SMILES string of the molecule is [C-]#[N+]c1cc([N+]#[C-])c(-n2c3ccccc3c3cc(C#N)ccc32)c(-c2ccccc2[Si](c2ccccc2)(c2ccccc2)c2ccccc2)c1. The minimum atomic E-state index is -3.01. The van der Waals surface area contributed by atoms with Crippen LogP contribution < -0.4 is 20.7 Å². The number of benzene rings is 7. The van der Waals surface area contributed by atoms with Gasteiger partial charge in [0.05, 0.1) is 41.5 Å². The number of para-hydroxylation sites is 1. The predicted molar refractivity (Wildman–Crippen MR) is 207 cm³/mol. The maximum absolute atomic E-state index is 9.79. The van der Waals surface area contributed by atoms with E-state index in [4.69, 9.17) is 13.1 Å². The number of rotatable bonds is 6. The highest BCUT2D eigenvalue weighted by Gasteiger charge is 2.43. The summed E-state index contributed by atoms with van der Waals surface area (Å²) in [7, 11) is -3.01. The Labute approximate surface area is 292 Å². The molecule has 0 aliphatic heterocycles. The largest absolute Gasteiger partial charge is 0.318 e. The van der Waals surface area contributed by atoms with Gasteiger partial charge in [-0.2, -0.15) is 5.26 Å². The van der Waals surface area contributed by atoms with Gasteiger partial charge in [0.15, 0.2) is 13.8 Å².